The van der Waals surface area contributed by atoms with Crippen molar-refractivity contribution in [2.75, 3.05) is 0 Å². The van der Waals surface area contributed by atoms with E-state index in [2.05, 4.69) is 10.4 Å². The molecule has 116 valence electrons. The van der Waals surface area contributed by atoms with Gasteiger partial charge in [-0.05, 0) is 23.8 Å². The summed E-state index contributed by atoms with van der Waals surface area (Å²) in [5.41, 5.74) is 1.50. The third kappa shape index (κ3) is 4.33. The van der Waals surface area contributed by atoms with Crippen molar-refractivity contribution in [3.63, 3.8) is 0 Å². The van der Waals surface area contributed by atoms with E-state index in [1.54, 1.807) is 48.3 Å². The van der Waals surface area contributed by atoms with Gasteiger partial charge in [-0.15, -0.1) is 0 Å². The first-order valence-corrected chi connectivity index (χ1v) is 7.09. The van der Waals surface area contributed by atoms with Crippen molar-refractivity contribution in [3.05, 3.63) is 52.8 Å². The van der Waals surface area contributed by atoms with E-state index < -0.39 is 12.0 Å². The number of hydrogen-bond acceptors (Lipinski definition) is 3. The van der Waals surface area contributed by atoms with Crippen LogP contribution in [0.2, 0.25) is 5.02 Å². The molecule has 6 nitrogen and oxygen atoms in total. The molecule has 0 saturated carbocycles. The monoisotopic (exact) mass is 321 g/mol. The fourth-order valence-electron chi connectivity index (χ4n) is 2.02. The lowest BCUT2D eigenvalue weighted by atomic mass is 10.0. The maximum atomic E-state index is 11.9. The lowest BCUT2D eigenvalue weighted by molar-refractivity contribution is -0.138. The minimum atomic E-state index is -1.00. The summed E-state index contributed by atoms with van der Waals surface area (Å²) in [6, 6.07) is 8.43. The summed E-state index contributed by atoms with van der Waals surface area (Å²) in [5.74, 6) is -1.34. The molecule has 2 N–H and O–H groups in total. The number of amides is 1. The molecule has 0 aliphatic heterocycles. The van der Waals surface area contributed by atoms with Gasteiger partial charge in [-0.25, -0.2) is 0 Å². The Morgan fingerprint density at radius 2 is 1.95 bits per heavy atom. The zero-order chi connectivity index (χ0) is 16.1. The second-order valence-corrected chi connectivity index (χ2v) is 5.30. The maximum Gasteiger partial charge on any atom is 0.303 e. The summed E-state index contributed by atoms with van der Waals surface area (Å²) in [7, 11) is 1.79. The normalized spacial score (nSPS) is 11.9. The highest BCUT2D eigenvalue weighted by atomic mass is 35.5. The third-order valence-electron chi connectivity index (χ3n) is 3.10. The second-order valence-electron chi connectivity index (χ2n) is 4.86. The molecular weight excluding hydrogens is 306 g/mol. The molecule has 0 radical (unpaired) electrons. The standard InChI is InChI=1S/C15H16ClN3O3/c1-19-9-8-12(18-19)15(10-2-4-11(16)5-3-10)17-13(20)6-7-14(21)22/h2-5,8-9,15H,6-7H2,1H3,(H,17,20)(H,21,22). The Kier molecular flexibility index (Phi) is 5.16. The van der Waals surface area contributed by atoms with Crippen LogP contribution in [0.3, 0.4) is 0 Å². The summed E-state index contributed by atoms with van der Waals surface area (Å²) in [4.78, 5) is 22.5. The molecule has 22 heavy (non-hydrogen) atoms. The number of carboxylic acid groups (broad SMARTS) is 1. The maximum absolute atomic E-state index is 11.9. The van der Waals surface area contributed by atoms with Crippen LogP contribution in [0.5, 0.6) is 0 Å². The van der Waals surface area contributed by atoms with Gasteiger partial charge in [-0.2, -0.15) is 5.10 Å². The molecule has 0 spiro atoms. The largest absolute Gasteiger partial charge is 0.481 e. The van der Waals surface area contributed by atoms with Crippen molar-refractivity contribution in [1.82, 2.24) is 15.1 Å². The van der Waals surface area contributed by atoms with Crippen molar-refractivity contribution < 1.29 is 14.7 Å². The quantitative estimate of drug-likeness (QED) is 0.853. The SMILES string of the molecule is Cn1ccc(C(NC(=O)CCC(=O)O)c2ccc(Cl)cc2)n1. The Labute approximate surface area is 132 Å². The molecule has 7 heteroatoms. The highest BCUT2D eigenvalue weighted by Gasteiger charge is 2.19. The summed E-state index contributed by atoms with van der Waals surface area (Å²) < 4.78 is 1.64. The van der Waals surface area contributed by atoms with Crippen LogP contribution in [0.4, 0.5) is 0 Å². The molecule has 1 atom stereocenters. The average molecular weight is 322 g/mol. The van der Waals surface area contributed by atoms with Crippen LogP contribution in [0, 0.1) is 0 Å². The summed E-state index contributed by atoms with van der Waals surface area (Å²) in [6.07, 6.45) is 1.50. The van der Waals surface area contributed by atoms with Crippen LogP contribution >= 0.6 is 11.6 Å². The van der Waals surface area contributed by atoms with Gasteiger partial charge in [-0.1, -0.05) is 23.7 Å². The Morgan fingerprint density at radius 1 is 1.27 bits per heavy atom. The number of nitrogens with one attached hydrogen (secondary N) is 1. The zero-order valence-corrected chi connectivity index (χ0v) is 12.7. The van der Waals surface area contributed by atoms with Gasteiger partial charge < -0.3 is 10.4 Å². The van der Waals surface area contributed by atoms with Crippen LogP contribution in [-0.4, -0.2) is 26.8 Å². The fraction of sp³-hybridized carbons (Fsp3) is 0.267. The number of nitrogens with zero attached hydrogens (tertiary/aromatic N) is 2. The van der Waals surface area contributed by atoms with Crippen molar-refractivity contribution in [2.45, 2.75) is 18.9 Å². The number of rotatable bonds is 6. The van der Waals surface area contributed by atoms with Gasteiger partial charge in [0.15, 0.2) is 0 Å². The molecule has 1 aromatic heterocycles. The number of aliphatic carboxylic acids is 1. The molecule has 1 amide bonds. The number of aryl methyl sites for hydroxylation is 1. The van der Waals surface area contributed by atoms with Crippen molar-refractivity contribution in [3.8, 4) is 0 Å². The van der Waals surface area contributed by atoms with Gasteiger partial charge in [0.1, 0.15) is 0 Å². The van der Waals surface area contributed by atoms with Gasteiger partial charge >= 0.3 is 5.97 Å². The highest BCUT2D eigenvalue weighted by Crippen LogP contribution is 2.22. The first kappa shape index (κ1) is 16.0. The van der Waals surface area contributed by atoms with Crippen molar-refractivity contribution in [1.29, 1.82) is 0 Å². The summed E-state index contributed by atoms with van der Waals surface area (Å²) >= 11 is 5.88. The van der Waals surface area contributed by atoms with Crippen LogP contribution in [0.1, 0.15) is 30.1 Å². The van der Waals surface area contributed by atoms with E-state index in [0.29, 0.717) is 10.7 Å². The molecule has 1 unspecified atom stereocenters. The lowest BCUT2D eigenvalue weighted by Crippen LogP contribution is -2.30. The van der Waals surface area contributed by atoms with E-state index in [9.17, 15) is 9.59 Å². The zero-order valence-electron chi connectivity index (χ0n) is 12.0. The van der Waals surface area contributed by atoms with Gasteiger partial charge in [0, 0.05) is 24.7 Å². The predicted molar refractivity (Wildman–Crippen MR) is 81.5 cm³/mol. The lowest BCUT2D eigenvalue weighted by Gasteiger charge is -2.17. The first-order valence-electron chi connectivity index (χ1n) is 6.72. The van der Waals surface area contributed by atoms with Crippen molar-refractivity contribution >= 4 is 23.5 Å². The Bertz CT molecular complexity index is 667. The van der Waals surface area contributed by atoms with Crippen molar-refractivity contribution in [2.24, 2.45) is 7.05 Å². The molecule has 0 aliphatic rings. The van der Waals surface area contributed by atoms with E-state index in [-0.39, 0.29) is 18.7 Å². The van der Waals surface area contributed by atoms with E-state index in [1.165, 1.54) is 0 Å². The number of hydrogen-bond donors (Lipinski definition) is 2. The van der Waals surface area contributed by atoms with Crippen LogP contribution in [0.25, 0.3) is 0 Å². The number of aromatic nitrogens is 2. The Hall–Kier alpha value is -2.34. The highest BCUT2D eigenvalue weighted by molar-refractivity contribution is 6.30. The fourth-order valence-corrected chi connectivity index (χ4v) is 2.15. The van der Waals surface area contributed by atoms with Crippen LogP contribution in [0.15, 0.2) is 36.5 Å². The Balaban J connectivity index is 2.20. The van der Waals surface area contributed by atoms with Gasteiger partial charge in [0.25, 0.3) is 0 Å². The van der Waals surface area contributed by atoms with Crippen LogP contribution < -0.4 is 5.32 Å². The first-order chi connectivity index (χ1) is 10.5. The minimum absolute atomic E-state index is 0.0771. The molecule has 0 bridgehead atoms. The summed E-state index contributed by atoms with van der Waals surface area (Å²) in [5, 5.41) is 16.4. The van der Waals surface area contributed by atoms with Gasteiger partial charge in [-0.3, -0.25) is 14.3 Å². The molecule has 2 aromatic rings. The summed E-state index contributed by atoms with van der Waals surface area (Å²) in [6.45, 7) is 0. The van der Waals surface area contributed by atoms with E-state index in [4.69, 9.17) is 16.7 Å². The molecule has 2 rings (SSSR count). The van der Waals surface area contributed by atoms with Crippen LogP contribution in [-0.2, 0) is 16.6 Å². The topological polar surface area (TPSA) is 84.2 Å². The number of benzene rings is 1. The number of carbonyl (C=O) groups excluding carboxylic acids is 1. The smallest absolute Gasteiger partial charge is 0.303 e. The third-order valence-corrected chi connectivity index (χ3v) is 3.36. The molecular formula is C15H16ClN3O3. The average Bonchev–Trinajstić information content (AvgIpc) is 2.90. The number of carbonyl (C=O) groups is 2. The molecule has 1 aromatic carbocycles. The number of halogens is 1. The Morgan fingerprint density at radius 3 is 2.50 bits per heavy atom. The molecule has 0 aliphatic carbocycles. The van der Waals surface area contributed by atoms with E-state index in [0.717, 1.165) is 5.56 Å². The van der Waals surface area contributed by atoms with E-state index >= 15 is 0 Å². The van der Waals surface area contributed by atoms with Gasteiger partial charge in [0.05, 0.1) is 18.2 Å². The minimum Gasteiger partial charge on any atom is -0.481 e. The molecule has 1 heterocycles. The number of carboxylic acids is 1. The second kappa shape index (κ2) is 7.09. The van der Waals surface area contributed by atoms with E-state index in [1.807, 2.05) is 0 Å². The van der Waals surface area contributed by atoms with Gasteiger partial charge in [0.2, 0.25) is 5.91 Å². The molecule has 0 saturated heterocycles. The predicted octanol–water partition coefficient (Wildman–Crippen LogP) is 2.14. The molecule has 0 fully saturated rings.